The van der Waals surface area contributed by atoms with Gasteiger partial charge in [0.25, 0.3) is 0 Å². The van der Waals surface area contributed by atoms with Gasteiger partial charge in [0, 0.05) is 49.0 Å². The van der Waals surface area contributed by atoms with E-state index in [1.54, 1.807) is 12.4 Å². The van der Waals surface area contributed by atoms with Crippen molar-refractivity contribution in [1.29, 1.82) is 0 Å². The number of aryl methyl sites for hydroxylation is 1. The number of hydrogen-bond acceptors (Lipinski definition) is 3. The van der Waals surface area contributed by atoms with E-state index in [-0.39, 0.29) is 6.03 Å². The third kappa shape index (κ3) is 4.13. The normalized spacial score (nSPS) is 15.2. The fraction of sp³-hybridized carbons (Fsp3) is 0.500. The van der Waals surface area contributed by atoms with Crippen molar-refractivity contribution >= 4 is 6.03 Å². The van der Waals surface area contributed by atoms with E-state index in [1.807, 2.05) is 25.3 Å². The summed E-state index contributed by atoms with van der Waals surface area (Å²) in [5, 5.41) is 6.04. The molecule has 2 N–H and O–H groups in total. The number of nitrogens with one attached hydrogen (secondary N) is 2. The lowest BCUT2D eigenvalue weighted by molar-refractivity contribution is 0.232. The van der Waals surface area contributed by atoms with Crippen LogP contribution < -0.4 is 10.6 Å². The van der Waals surface area contributed by atoms with Gasteiger partial charge in [-0.3, -0.25) is 4.98 Å². The number of aromatic nitrogens is 3. The summed E-state index contributed by atoms with van der Waals surface area (Å²) in [6, 6.07) is 4.16. The van der Waals surface area contributed by atoms with Gasteiger partial charge in [0.15, 0.2) is 0 Å². The lowest BCUT2D eigenvalue weighted by Gasteiger charge is -2.23. The third-order valence-corrected chi connectivity index (χ3v) is 4.55. The van der Waals surface area contributed by atoms with Crippen molar-refractivity contribution in [2.75, 3.05) is 6.54 Å². The Morgan fingerprint density at radius 1 is 1.25 bits per heavy atom. The van der Waals surface area contributed by atoms with Gasteiger partial charge in [-0.15, -0.1) is 0 Å². The summed E-state index contributed by atoms with van der Waals surface area (Å²) in [5.74, 6) is 0.907. The van der Waals surface area contributed by atoms with E-state index in [9.17, 15) is 4.79 Å². The molecule has 6 nitrogen and oxygen atoms in total. The number of urea groups is 1. The molecular weight excluding hydrogens is 302 g/mol. The Morgan fingerprint density at radius 2 is 2.00 bits per heavy atom. The first-order valence-electron chi connectivity index (χ1n) is 8.71. The van der Waals surface area contributed by atoms with Crippen LogP contribution in [0.25, 0.3) is 11.4 Å². The highest BCUT2D eigenvalue weighted by molar-refractivity contribution is 5.74. The van der Waals surface area contributed by atoms with E-state index in [2.05, 4.69) is 25.2 Å². The molecule has 1 saturated carbocycles. The van der Waals surface area contributed by atoms with E-state index >= 15 is 0 Å². The van der Waals surface area contributed by atoms with Crippen LogP contribution in [0.15, 0.2) is 30.7 Å². The Hall–Kier alpha value is -2.37. The van der Waals surface area contributed by atoms with E-state index in [0.29, 0.717) is 19.1 Å². The van der Waals surface area contributed by atoms with Crippen LogP contribution in [0.3, 0.4) is 0 Å². The maximum atomic E-state index is 12.0. The molecule has 0 aromatic carbocycles. The number of carbonyl (C=O) groups excluding carboxylic acids is 1. The molecule has 0 saturated heterocycles. The molecule has 0 aliphatic heterocycles. The van der Waals surface area contributed by atoms with E-state index in [0.717, 1.165) is 29.9 Å². The highest BCUT2D eigenvalue weighted by atomic mass is 16.2. The Bertz CT molecular complexity index is 661. The highest BCUT2D eigenvalue weighted by Crippen LogP contribution is 2.18. The van der Waals surface area contributed by atoms with Crippen LogP contribution in [-0.2, 0) is 6.54 Å². The number of carbonyl (C=O) groups is 1. The Labute approximate surface area is 142 Å². The van der Waals surface area contributed by atoms with Gasteiger partial charge in [-0.05, 0) is 31.9 Å². The maximum Gasteiger partial charge on any atom is 0.315 e. The van der Waals surface area contributed by atoms with Crippen molar-refractivity contribution < 1.29 is 4.79 Å². The van der Waals surface area contributed by atoms with Crippen LogP contribution in [0.1, 0.15) is 37.8 Å². The maximum absolute atomic E-state index is 12.0. The average Bonchev–Trinajstić information content (AvgIpc) is 2.97. The van der Waals surface area contributed by atoms with Crippen LogP contribution in [0.2, 0.25) is 0 Å². The molecule has 0 unspecified atom stereocenters. The van der Waals surface area contributed by atoms with Gasteiger partial charge in [-0.25, -0.2) is 9.78 Å². The molecule has 0 bridgehead atoms. The number of hydrogen-bond donors (Lipinski definition) is 2. The van der Waals surface area contributed by atoms with Crippen molar-refractivity contribution in [3.05, 3.63) is 36.4 Å². The summed E-state index contributed by atoms with van der Waals surface area (Å²) < 4.78 is 2.12. The highest BCUT2D eigenvalue weighted by Gasteiger charge is 2.15. The molecule has 6 heteroatoms. The molecule has 128 valence electrons. The van der Waals surface area contributed by atoms with Crippen LogP contribution in [0.4, 0.5) is 4.79 Å². The molecule has 1 aliphatic carbocycles. The van der Waals surface area contributed by atoms with Crippen molar-refractivity contribution in [3.8, 4) is 11.4 Å². The van der Waals surface area contributed by atoms with Gasteiger partial charge in [-0.1, -0.05) is 19.3 Å². The number of pyridine rings is 1. The Balaban J connectivity index is 1.53. The van der Waals surface area contributed by atoms with Gasteiger partial charge in [-0.2, -0.15) is 0 Å². The van der Waals surface area contributed by atoms with Gasteiger partial charge in [0.2, 0.25) is 0 Å². The van der Waals surface area contributed by atoms with Crippen LogP contribution in [0, 0.1) is 6.92 Å². The van der Waals surface area contributed by atoms with Crippen molar-refractivity contribution in [1.82, 2.24) is 25.2 Å². The first-order chi connectivity index (χ1) is 11.7. The zero-order chi connectivity index (χ0) is 16.8. The van der Waals surface area contributed by atoms with E-state index in [1.165, 1.54) is 19.3 Å². The molecule has 2 aromatic heterocycles. The zero-order valence-corrected chi connectivity index (χ0v) is 14.2. The van der Waals surface area contributed by atoms with Crippen molar-refractivity contribution in [2.45, 2.75) is 51.6 Å². The van der Waals surface area contributed by atoms with Crippen molar-refractivity contribution in [3.63, 3.8) is 0 Å². The molecule has 1 aliphatic rings. The minimum Gasteiger partial charge on any atom is -0.336 e. The standard InChI is InChI=1S/C18H25N5O/c1-14-13-21-17(15-7-9-19-10-8-15)23(14)12-11-20-18(24)22-16-5-3-2-4-6-16/h7-10,13,16H,2-6,11-12H2,1H3,(H2,20,22,24). The van der Waals surface area contributed by atoms with Crippen molar-refractivity contribution in [2.24, 2.45) is 0 Å². The summed E-state index contributed by atoms with van der Waals surface area (Å²) in [4.78, 5) is 20.6. The monoisotopic (exact) mass is 327 g/mol. The SMILES string of the molecule is Cc1cnc(-c2ccncc2)n1CCNC(=O)NC1CCCCC1. The van der Waals surface area contributed by atoms with Crippen LogP contribution in [-0.4, -0.2) is 33.2 Å². The average molecular weight is 327 g/mol. The predicted molar refractivity (Wildman–Crippen MR) is 93.6 cm³/mol. The second kappa shape index (κ2) is 7.95. The van der Waals surface area contributed by atoms with Crippen LogP contribution in [0.5, 0.6) is 0 Å². The first kappa shape index (κ1) is 16.5. The zero-order valence-electron chi connectivity index (χ0n) is 14.2. The lowest BCUT2D eigenvalue weighted by Crippen LogP contribution is -2.43. The topological polar surface area (TPSA) is 71.8 Å². The fourth-order valence-corrected chi connectivity index (χ4v) is 3.24. The quantitative estimate of drug-likeness (QED) is 0.887. The second-order valence-electron chi connectivity index (χ2n) is 6.35. The summed E-state index contributed by atoms with van der Waals surface area (Å²) >= 11 is 0. The summed E-state index contributed by atoms with van der Waals surface area (Å²) in [7, 11) is 0. The van der Waals surface area contributed by atoms with Crippen LogP contribution >= 0.6 is 0 Å². The second-order valence-corrected chi connectivity index (χ2v) is 6.35. The molecule has 0 spiro atoms. The van der Waals surface area contributed by atoms with E-state index < -0.39 is 0 Å². The summed E-state index contributed by atoms with van der Waals surface area (Å²) in [5.41, 5.74) is 2.11. The Morgan fingerprint density at radius 3 is 2.75 bits per heavy atom. The molecule has 24 heavy (non-hydrogen) atoms. The van der Waals surface area contributed by atoms with Gasteiger partial charge in [0.05, 0.1) is 0 Å². The number of nitrogens with zero attached hydrogens (tertiary/aromatic N) is 3. The molecule has 3 rings (SSSR count). The van der Waals surface area contributed by atoms with E-state index in [4.69, 9.17) is 0 Å². The number of imidazole rings is 1. The largest absolute Gasteiger partial charge is 0.336 e. The molecule has 2 aromatic rings. The molecule has 2 amide bonds. The molecular formula is C18H25N5O. The lowest BCUT2D eigenvalue weighted by atomic mass is 9.96. The van der Waals surface area contributed by atoms with Gasteiger partial charge < -0.3 is 15.2 Å². The molecule has 2 heterocycles. The molecule has 0 atom stereocenters. The predicted octanol–water partition coefficient (Wildman–Crippen LogP) is 2.89. The molecule has 1 fully saturated rings. The minimum atomic E-state index is -0.0647. The summed E-state index contributed by atoms with van der Waals surface area (Å²) in [6.45, 7) is 3.30. The smallest absolute Gasteiger partial charge is 0.315 e. The number of rotatable bonds is 5. The Kier molecular flexibility index (Phi) is 5.46. The minimum absolute atomic E-state index is 0.0647. The fourth-order valence-electron chi connectivity index (χ4n) is 3.24. The third-order valence-electron chi connectivity index (χ3n) is 4.55. The number of amides is 2. The molecule has 0 radical (unpaired) electrons. The first-order valence-corrected chi connectivity index (χ1v) is 8.71. The van der Waals surface area contributed by atoms with Gasteiger partial charge >= 0.3 is 6.03 Å². The summed E-state index contributed by atoms with van der Waals surface area (Å²) in [6.07, 6.45) is 11.3. The van der Waals surface area contributed by atoms with Gasteiger partial charge in [0.1, 0.15) is 5.82 Å².